The van der Waals surface area contributed by atoms with Gasteiger partial charge in [-0.25, -0.2) is 9.59 Å². The SMILES string of the molecule is COC(=O)/C(=C\c1ccc(C#N)cc1OCCNC(=O)c1ccc(OC2CCN(C(=O)OC(C)(C)C)CC2)cc1)NC(C)=O. The zero-order chi connectivity index (χ0) is 32.3. The largest absolute Gasteiger partial charge is 0.491 e. The number of amides is 3. The number of hydrogen-bond donors (Lipinski definition) is 2. The zero-order valence-corrected chi connectivity index (χ0v) is 25.6. The minimum Gasteiger partial charge on any atom is -0.491 e. The van der Waals surface area contributed by atoms with Crippen LogP contribution in [0.15, 0.2) is 48.2 Å². The number of carbonyl (C=O) groups excluding carboxylic acids is 4. The zero-order valence-electron chi connectivity index (χ0n) is 25.6. The van der Waals surface area contributed by atoms with Gasteiger partial charge in [0.25, 0.3) is 5.91 Å². The highest BCUT2D eigenvalue weighted by atomic mass is 16.6. The average molecular weight is 607 g/mol. The van der Waals surface area contributed by atoms with E-state index in [9.17, 15) is 24.4 Å². The highest BCUT2D eigenvalue weighted by Crippen LogP contribution is 2.24. The number of methoxy groups -OCH3 is 1. The van der Waals surface area contributed by atoms with Gasteiger partial charge < -0.3 is 34.5 Å². The van der Waals surface area contributed by atoms with E-state index in [-0.39, 0.29) is 42.7 Å². The predicted octanol–water partition coefficient (Wildman–Crippen LogP) is 3.80. The molecule has 3 rings (SSSR count). The van der Waals surface area contributed by atoms with Crippen molar-refractivity contribution in [3.8, 4) is 17.6 Å². The lowest BCUT2D eigenvalue weighted by atomic mass is 10.1. The molecule has 0 radical (unpaired) electrons. The molecule has 0 saturated carbocycles. The van der Waals surface area contributed by atoms with Crippen molar-refractivity contribution in [1.82, 2.24) is 15.5 Å². The van der Waals surface area contributed by atoms with Gasteiger partial charge in [-0.15, -0.1) is 0 Å². The van der Waals surface area contributed by atoms with Gasteiger partial charge in [0.15, 0.2) is 0 Å². The third-order valence-corrected chi connectivity index (χ3v) is 6.32. The molecule has 1 aliphatic heterocycles. The van der Waals surface area contributed by atoms with Crippen LogP contribution in [0.3, 0.4) is 0 Å². The average Bonchev–Trinajstić information content (AvgIpc) is 2.98. The third-order valence-electron chi connectivity index (χ3n) is 6.32. The quantitative estimate of drug-likeness (QED) is 0.233. The Morgan fingerprint density at radius 2 is 1.75 bits per heavy atom. The molecule has 44 heavy (non-hydrogen) atoms. The van der Waals surface area contributed by atoms with E-state index in [2.05, 4.69) is 10.6 Å². The van der Waals surface area contributed by atoms with Crippen LogP contribution in [0.2, 0.25) is 0 Å². The van der Waals surface area contributed by atoms with Crippen molar-refractivity contribution in [3.05, 3.63) is 64.9 Å². The number of rotatable bonds is 10. The molecule has 12 nitrogen and oxygen atoms in total. The monoisotopic (exact) mass is 606 g/mol. The van der Waals surface area contributed by atoms with Crippen molar-refractivity contribution < 1.29 is 38.1 Å². The summed E-state index contributed by atoms with van der Waals surface area (Å²) >= 11 is 0. The lowest BCUT2D eigenvalue weighted by Crippen LogP contribution is -2.44. The second kappa shape index (κ2) is 15.4. The van der Waals surface area contributed by atoms with E-state index >= 15 is 0 Å². The molecule has 2 aromatic carbocycles. The van der Waals surface area contributed by atoms with Crippen LogP contribution < -0.4 is 20.1 Å². The molecule has 0 aromatic heterocycles. The Morgan fingerprint density at radius 3 is 2.34 bits per heavy atom. The molecule has 1 fully saturated rings. The maximum Gasteiger partial charge on any atom is 0.410 e. The fraction of sp³-hybridized carbons (Fsp3) is 0.406. The molecule has 2 aromatic rings. The van der Waals surface area contributed by atoms with Crippen LogP contribution in [-0.2, 0) is 19.1 Å². The van der Waals surface area contributed by atoms with Crippen molar-refractivity contribution in [2.24, 2.45) is 0 Å². The number of benzene rings is 2. The molecule has 0 unspecified atom stereocenters. The Bertz CT molecular complexity index is 1420. The minimum atomic E-state index is -0.747. The summed E-state index contributed by atoms with van der Waals surface area (Å²) in [6.07, 6.45) is 2.36. The molecule has 3 amide bonds. The molecule has 1 heterocycles. The van der Waals surface area contributed by atoms with Gasteiger partial charge in [0.05, 0.1) is 25.3 Å². The summed E-state index contributed by atoms with van der Waals surface area (Å²) in [5.74, 6) is -0.605. The summed E-state index contributed by atoms with van der Waals surface area (Å²) in [4.78, 5) is 50.2. The van der Waals surface area contributed by atoms with Gasteiger partial charge in [-0.05, 0) is 69.3 Å². The molecular weight excluding hydrogens is 568 g/mol. The van der Waals surface area contributed by atoms with Gasteiger partial charge in [0.1, 0.15) is 35.5 Å². The van der Waals surface area contributed by atoms with E-state index in [1.807, 2.05) is 26.8 Å². The van der Waals surface area contributed by atoms with Crippen molar-refractivity contribution in [1.29, 1.82) is 5.26 Å². The molecule has 234 valence electrons. The smallest absolute Gasteiger partial charge is 0.410 e. The van der Waals surface area contributed by atoms with Crippen LogP contribution in [0, 0.1) is 11.3 Å². The number of nitriles is 1. The topological polar surface area (TPSA) is 156 Å². The lowest BCUT2D eigenvalue weighted by Gasteiger charge is -2.33. The first-order chi connectivity index (χ1) is 20.9. The molecule has 0 spiro atoms. The van der Waals surface area contributed by atoms with E-state index in [1.54, 1.807) is 41.3 Å². The van der Waals surface area contributed by atoms with Crippen LogP contribution in [0.25, 0.3) is 6.08 Å². The Kier molecular flexibility index (Phi) is 11.7. The summed E-state index contributed by atoms with van der Waals surface area (Å²) in [5.41, 5.74) is 0.558. The molecule has 0 aliphatic carbocycles. The standard InChI is InChI=1S/C32H38N4O8/c1-21(37)35-27(30(39)41-5)19-24-7-6-22(20-33)18-28(24)42-17-14-34-29(38)23-8-10-25(11-9-23)43-26-12-15-36(16-13-26)31(40)44-32(2,3)4/h6-11,18-19,26H,12-17H2,1-5H3,(H,34,38)(H,35,37)/b27-19+. The van der Waals surface area contributed by atoms with Crippen molar-refractivity contribution >= 4 is 30.0 Å². The molecular formula is C32H38N4O8. The fourth-order valence-corrected chi connectivity index (χ4v) is 4.24. The van der Waals surface area contributed by atoms with Gasteiger partial charge in [0.2, 0.25) is 5.91 Å². The lowest BCUT2D eigenvalue weighted by molar-refractivity contribution is -0.137. The van der Waals surface area contributed by atoms with E-state index in [0.717, 1.165) is 0 Å². The van der Waals surface area contributed by atoms with Crippen LogP contribution in [0.1, 0.15) is 62.0 Å². The van der Waals surface area contributed by atoms with E-state index < -0.39 is 17.5 Å². The first kappa shape index (κ1) is 33.5. The van der Waals surface area contributed by atoms with Crippen molar-refractivity contribution in [3.63, 3.8) is 0 Å². The summed E-state index contributed by atoms with van der Waals surface area (Å²) in [6.45, 7) is 8.09. The van der Waals surface area contributed by atoms with Crippen LogP contribution >= 0.6 is 0 Å². The Labute approximate surface area is 256 Å². The summed E-state index contributed by atoms with van der Waals surface area (Å²) < 4.78 is 22.0. The van der Waals surface area contributed by atoms with Gasteiger partial charge in [-0.1, -0.05) is 0 Å². The number of hydrogen-bond acceptors (Lipinski definition) is 9. The number of ether oxygens (including phenoxy) is 4. The maximum absolute atomic E-state index is 12.7. The number of nitrogens with zero attached hydrogens (tertiary/aromatic N) is 2. The molecule has 1 aliphatic rings. The van der Waals surface area contributed by atoms with E-state index in [0.29, 0.717) is 48.4 Å². The molecule has 0 atom stereocenters. The van der Waals surface area contributed by atoms with E-state index in [1.165, 1.54) is 26.2 Å². The number of nitrogens with one attached hydrogen (secondary N) is 2. The Morgan fingerprint density at radius 1 is 1.07 bits per heavy atom. The number of esters is 1. The second-order valence-corrected chi connectivity index (χ2v) is 11.0. The molecule has 12 heteroatoms. The summed E-state index contributed by atoms with van der Waals surface area (Å²) in [6, 6.07) is 13.4. The summed E-state index contributed by atoms with van der Waals surface area (Å²) in [5, 5.41) is 14.5. The number of likely N-dealkylation sites (tertiary alicyclic amines) is 1. The first-order valence-electron chi connectivity index (χ1n) is 14.2. The van der Waals surface area contributed by atoms with E-state index in [4.69, 9.17) is 18.9 Å². The van der Waals surface area contributed by atoms with Gasteiger partial charge in [-0.3, -0.25) is 9.59 Å². The first-order valence-corrected chi connectivity index (χ1v) is 14.2. The van der Waals surface area contributed by atoms with Crippen molar-refractivity contribution in [2.75, 3.05) is 33.4 Å². The normalized spacial score (nSPS) is 13.7. The molecule has 2 N–H and O–H groups in total. The van der Waals surface area contributed by atoms with Crippen LogP contribution in [-0.4, -0.2) is 73.8 Å². The number of carbonyl (C=O) groups is 4. The second-order valence-electron chi connectivity index (χ2n) is 11.0. The highest BCUT2D eigenvalue weighted by Gasteiger charge is 2.27. The van der Waals surface area contributed by atoms with Gasteiger partial charge in [0, 0.05) is 44.0 Å². The molecule has 0 bridgehead atoms. The van der Waals surface area contributed by atoms with Crippen LogP contribution in [0.5, 0.6) is 11.5 Å². The van der Waals surface area contributed by atoms with Gasteiger partial charge in [-0.2, -0.15) is 5.26 Å². The Balaban J connectivity index is 1.51. The van der Waals surface area contributed by atoms with Gasteiger partial charge >= 0.3 is 12.1 Å². The third kappa shape index (κ3) is 10.3. The minimum absolute atomic E-state index is 0.0493. The number of piperidine rings is 1. The highest BCUT2D eigenvalue weighted by molar-refractivity contribution is 5.98. The summed E-state index contributed by atoms with van der Waals surface area (Å²) in [7, 11) is 1.19. The van der Waals surface area contributed by atoms with Crippen molar-refractivity contribution in [2.45, 2.75) is 52.2 Å². The molecule has 1 saturated heterocycles. The predicted molar refractivity (Wildman–Crippen MR) is 161 cm³/mol. The Hall–Kier alpha value is -5.05. The maximum atomic E-state index is 12.7. The fourth-order valence-electron chi connectivity index (χ4n) is 4.24. The van der Waals surface area contributed by atoms with Crippen LogP contribution in [0.4, 0.5) is 4.79 Å².